The van der Waals surface area contributed by atoms with Gasteiger partial charge in [0.15, 0.2) is 0 Å². The molecule has 4 nitrogen and oxygen atoms in total. The second kappa shape index (κ2) is 6.95. The van der Waals surface area contributed by atoms with Gasteiger partial charge in [0.1, 0.15) is 5.75 Å². The Morgan fingerprint density at radius 1 is 1.12 bits per heavy atom. The van der Waals surface area contributed by atoms with E-state index in [-0.39, 0.29) is 5.91 Å². The molecule has 1 aliphatic heterocycles. The van der Waals surface area contributed by atoms with Gasteiger partial charge in [0.05, 0.1) is 24.9 Å². The van der Waals surface area contributed by atoms with Crippen molar-refractivity contribution in [2.24, 2.45) is 0 Å². The number of carbonyl (C=O) groups is 1. The van der Waals surface area contributed by atoms with E-state index >= 15 is 0 Å². The van der Waals surface area contributed by atoms with Crippen LogP contribution in [0.1, 0.15) is 19.4 Å². The van der Waals surface area contributed by atoms with Crippen LogP contribution >= 0.6 is 0 Å². The highest BCUT2D eigenvalue weighted by atomic mass is 16.5. The average molecular weight is 324 g/mol. The van der Waals surface area contributed by atoms with Gasteiger partial charge in [-0.1, -0.05) is 24.3 Å². The Bertz CT molecular complexity index is 712. The van der Waals surface area contributed by atoms with E-state index in [9.17, 15) is 4.79 Å². The maximum Gasteiger partial charge on any atom is 0.231 e. The molecule has 1 heterocycles. The molecule has 0 radical (unpaired) electrons. The summed E-state index contributed by atoms with van der Waals surface area (Å²) < 4.78 is 5.17. The van der Waals surface area contributed by atoms with Gasteiger partial charge in [-0.05, 0) is 43.7 Å². The van der Waals surface area contributed by atoms with Crippen molar-refractivity contribution in [2.75, 3.05) is 30.0 Å². The molecule has 3 rings (SSSR count). The maximum atomic E-state index is 12.9. The van der Waals surface area contributed by atoms with Crippen LogP contribution in [-0.2, 0) is 11.2 Å². The lowest BCUT2D eigenvalue weighted by molar-refractivity contribution is -0.118. The second-order valence-electron chi connectivity index (χ2n) is 6.15. The van der Waals surface area contributed by atoms with Gasteiger partial charge < -0.3 is 14.5 Å². The lowest BCUT2D eigenvalue weighted by Crippen LogP contribution is -2.50. The molecule has 0 N–H and O–H groups in total. The minimum absolute atomic E-state index is 0.134. The topological polar surface area (TPSA) is 32.8 Å². The molecule has 0 aliphatic carbocycles. The van der Waals surface area contributed by atoms with Crippen molar-refractivity contribution in [1.82, 2.24) is 0 Å². The van der Waals surface area contributed by atoms with Gasteiger partial charge in [0, 0.05) is 19.1 Å². The van der Waals surface area contributed by atoms with E-state index < -0.39 is 0 Å². The Morgan fingerprint density at radius 2 is 1.79 bits per heavy atom. The van der Waals surface area contributed by atoms with Crippen molar-refractivity contribution in [3.05, 3.63) is 54.1 Å². The highest BCUT2D eigenvalue weighted by Crippen LogP contribution is 2.35. The first-order valence-electron chi connectivity index (χ1n) is 8.43. The Labute approximate surface area is 143 Å². The van der Waals surface area contributed by atoms with Gasteiger partial charge in [-0.15, -0.1) is 0 Å². The number of rotatable bonds is 4. The van der Waals surface area contributed by atoms with Crippen LogP contribution in [0.2, 0.25) is 0 Å². The Morgan fingerprint density at radius 3 is 2.42 bits per heavy atom. The SMILES string of the molecule is CCN1c2ccccc2N(C(=O)Cc2ccc(OC)cc2)CC1C. The monoisotopic (exact) mass is 324 g/mol. The summed E-state index contributed by atoms with van der Waals surface area (Å²) in [5.74, 6) is 0.942. The highest BCUT2D eigenvalue weighted by Gasteiger charge is 2.30. The number of methoxy groups -OCH3 is 1. The summed E-state index contributed by atoms with van der Waals surface area (Å²) in [6.07, 6.45) is 0.400. The Kier molecular flexibility index (Phi) is 4.74. The van der Waals surface area contributed by atoms with Crippen molar-refractivity contribution < 1.29 is 9.53 Å². The molecule has 1 unspecified atom stereocenters. The molecular weight excluding hydrogens is 300 g/mol. The normalized spacial score (nSPS) is 16.7. The van der Waals surface area contributed by atoms with Gasteiger partial charge in [-0.25, -0.2) is 0 Å². The number of anilines is 2. The van der Waals surface area contributed by atoms with Crippen molar-refractivity contribution in [3.8, 4) is 5.75 Å². The summed E-state index contributed by atoms with van der Waals surface area (Å²) in [4.78, 5) is 17.2. The summed E-state index contributed by atoms with van der Waals surface area (Å²) >= 11 is 0. The largest absolute Gasteiger partial charge is 0.497 e. The van der Waals surface area contributed by atoms with Gasteiger partial charge in [0.25, 0.3) is 0 Å². The van der Waals surface area contributed by atoms with E-state index in [1.807, 2.05) is 47.4 Å². The van der Waals surface area contributed by atoms with Crippen LogP contribution in [0.3, 0.4) is 0 Å². The lowest BCUT2D eigenvalue weighted by atomic mass is 10.1. The van der Waals surface area contributed by atoms with Crippen LogP contribution in [0.25, 0.3) is 0 Å². The second-order valence-corrected chi connectivity index (χ2v) is 6.15. The predicted octanol–water partition coefficient (Wildman–Crippen LogP) is 3.50. The van der Waals surface area contributed by atoms with Crippen molar-refractivity contribution in [2.45, 2.75) is 26.3 Å². The smallest absolute Gasteiger partial charge is 0.231 e. The molecule has 2 aromatic rings. The molecule has 0 spiro atoms. The zero-order valence-corrected chi connectivity index (χ0v) is 14.5. The Balaban J connectivity index is 1.84. The zero-order valence-electron chi connectivity index (χ0n) is 14.5. The molecule has 0 fully saturated rings. The van der Waals surface area contributed by atoms with E-state index in [1.54, 1.807) is 7.11 Å². The van der Waals surface area contributed by atoms with E-state index in [1.165, 1.54) is 0 Å². The van der Waals surface area contributed by atoms with Crippen LogP contribution in [0.5, 0.6) is 5.75 Å². The fourth-order valence-corrected chi connectivity index (χ4v) is 3.37. The van der Waals surface area contributed by atoms with E-state index in [4.69, 9.17) is 4.74 Å². The number of para-hydroxylation sites is 2. The number of hydrogen-bond donors (Lipinski definition) is 0. The fraction of sp³-hybridized carbons (Fsp3) is 0.350. The molecular formula is C20H24N2O2. The number of likely N-dealkylation sites (N-methyl/N-ethyl adjacent to an activating group) is 1. The van der Waals surface area contributed by atoms with Gasteiger partial charge >= 0.3 is 0 Å². The molecule has 1 atom stereocenters. The first-order valence-corrected chi connectivity index (χ1v) is 8.43. The minimum Gasteiger partial charge on any atom is -0.497 e. The van der Waals surface area contributed by atoms with Gasteiger partial charge in [-0.2, -0.15) is 0 Å². The first-order chi connectivity index (χ1) is 11.6. The van der Waals surface area contributed by atoms with Gasteiger partial charge in [0.2, 0.25) is 5.91 Å². The molecule has 0 saturated carbocycles. The van der Waals surface area contributed by atoms with Crippen LogP contribution in [0, 0.1) is 0 Å². The van der Waals surface area contributed by atoms with E-state index in [0.717, 1.165) is 35.8 Å². The van der Waals surface area contributed by atoms with Crippen LogP contribution in [0.4, 0.5) is 11.4 Å². The summed E-state index contributed by atoms with van der Waals surface area (Å²) in [5, 5.41) is 0. The van der Waals surface area contributed by atoms with Crippen LogP contribution < -0.4 is 14.5 Å². The molecule has 126 valence electrons. The third-order valence-corrected chi connectivity index (χ3v) is 4.62. The molecule has 0 saturated heterocycles. The predicted molar refractivity (Wildman–Crippen MR) is 98.0 cm³/mol. The zero-order chi connectivity index (χ0) is 17.1. The first kappa shape index (κ1) is 16.4. The molecule has 0 bridgehead atoms. The lowest BCUT2D eigenvalue weighted by Gasteiger charge is -2.42. The van der Waals surface area contributed by atoms with Crippen LogP contribution in [0.15, 0.2) is 48.5 Å². The number of fused-ring (bicyclic) bond motifs is 1. The number of amides is 1. The standard InChI is InChI=1S/C20H24N2O2/c1-4-21-15(2)14-22(19-8-6-5-7-18(19)21)20(23)13-16-9-11-17(24-3)12-10-16/h5-12,15H,4,13-14H2,1-3H3. The number of nitrogens with zero attached hydrogens (tertiary/aromatic N) is 2. The van der Waals surface area contributed by atoms with E-state index in [2.05, 4.69) is 24.8 Å². The molecule has 2 aromatic carbocycles. The molecule has 1 amide bonds. The summed E-state index contributed by atoms with van der Waals surface area (Å²) in [6, 6.07) is 16.2. The third-order valence-electron chi connectivity index (χ3n) is 4.62. The minimum atomic E-state index is 0.134. The van der Waals surface area contributed by atoms with Gasteiger partial charge in [-0.3, -0.25) is 4.79 Å². The summed E-state index contributed by atoms with van der Waals surface area (Å²) in [6.45, 7) is 5.99. The van der Waals surface area contributed by atoms with Crippen molar-refractivity contribution in [1.29, 1.82) is 0 Å². The number of hydrogen-bond acceptors (Lipinski definition) is 3. The van der Waals surface area contributed by atoms with E-state index in [0.29, 0.717) is 12.5 Å². The number of benzene rings is 2. The molecule has 24 heavy (non-hydrogen) atoms. The van der Waals surface area contributed by atoms with Crippen molar-refractivity contribution in [3.63, 3.8) is 0 Å². The average Bonchev–Trinajstić information content (AvgIpc) is 2.61. The quantitative estimate of drug-likeness (QED) is 0.863. The number of carbonyl (C=O) groups excluding carboxylic acids is 1. The van der Waals surface area contributed by atoms with Crippen molar-refractivity contribution >= 4 is 17.3 Å². The Hall–Kier alpha value is -2.49. The molecule has 1 aliphatic rings. The summed E-state index contributed by atoms with van der Waals surface area (Å²) in [7, 11) is 1.64. The number of ether oxygens (including phenoxy) is 1. The third kappa shape index (κ3) is 3.09. The molecule has 4 heteroatoms. The summed E-state index contributed by atoms with van der Waals surface area (Å²) in [5.41, 5.74) is 3.15. The highest BCUT2D eigenvalue weighted by molar-refractivity contribution is 5.99. The fourth-order valence-electron chi connectivity index (χ4n) is 3.37. The molecule has 0 aromatic heterocycles. The maximum absolute atomic E-state index is 12.9. The van der Waals surface area contributed by atoms with Crippen LogP contribution in [-0.4, -0.2) is 32.1 Å².